The summed E-state index contributed by atoms with van der Waals surface area (Å²) in [6, 6.07) is 4.64. The summed E-state index contributed by atoms with van der Waals surface area (Å²) in [5.74, 6) is -0.444. The molecule has 0 aromatic heterocycles. The van der Waals surface area contributed by atoms with Gasteiger partial charge in [0.05, 0.1) is 10.5 Å². The quantitative estimate of drug-likeness (QED) is 0.870. The largest absolute Gasteiger partial charge is 0.350 e. The topological polar surface area (TPSA) is 29.1 Å². The van der Waals surface area contributed by atoms with Crippen molar-refractivity contribution in [3.63, 3.8) is 0 Å². The Balaban J connectivity index is 2.85. The van der Waals surface area contributed by atoms with Crippen LogP contribution < -0.4 is 5.32 Å². The first-order valence-electron chi connectivity index (χ1n) is 4.22. The van der Waals surface area contributed by atoms with Crippen molar-refractivity contribution in [3.05, 3.63) is 34.1 Å². The van der Waals surface area contributed by atoms with Crippen molar-refractivity contribution in [3.8, 4) is 0 Å². The van der Waals surface area contributed by atoms with Gasteiger partial charge < -0.3 is 5.32 Å². The molecule has 0 saturated carbocycles. The molecule has 2 nitrogen and oxygen atoms in total. The van der Waals surface area contributed by atoms with Crippen molar-refractivity contribution in [1.29, 1.82) is 0 Å². The molecule has 0 unspecified atom stereocenters. The minimum atomic E-state index is -0.320. The molecular formula is C10H11BrFNO. The van der Waals surface area contributed by atoms with Gasteiger partial charge in [-0.1, -0.05) is 6.07 Å². The lowest BCUT2D eigenvalue weighted by molar-refractivity contribution is -0.119. The summed E-state index contributed by atoms with van der Waals surface area (Å²) in [6.07, 6.45) is 0. The van der Waals surface area contributed by atoms with E-state index in [0.29, 0.717) is 4.47 Å². The lowest BCUT2D eigenvalue weighted by Gasteiger charge is -2.12. The fraction of sp³-hybridized carbons (Fsp3) is 0.300. The molecule has 0 heterocycles. The van der Waals surface area contributed by atoms with Gasteiger partial charge in [0.1, 0.15) is 5.82 Å². The van der Waals surface area contributed by atoms with Crippen molar-refractivity contribution in [2.24, 2.45) is 0 Å². The van der Waals surface area contributed by atoms with Crippen LogP contribution in [0.3, 0.4) is 0 Å². The molecule has 0 spiro atoms. The lowest BCUT2D eigenvalue weighted by atomic mass is 10.1. The van der Waals surface area contributed by atoms with Crippen LogP contribution in [0, 0.1) is 5.82 Å². The van der Waals surface area contributed by atoms with Gasteiger partial charge in [-0.3, -0.25) is 4.79 Å². The van der Waals surface area contributed by atoms with E-state index in [1.165, 1.54) is 13.0 Å². The molecule has 0 fully saturated rings. The number of benzene rings is 1. The molecule has 1 aromatic rings. The summed E-state index contributed by atoms with van der Waals surface area (Å²) in [7, 11) is 0. The number of carbonyl (C=O) groups excluding carboxylic acids is 1. The summed E-state index contributed by atoms with van der Waals surface area (Å²) in [5, 5.41) is 2.68. The molecule has 0 radical (unpaired) electrons. The third-order valence-corrected chi connectivity index (χ3v) is 2.51. The Morgan fingerprint density at radius 2 is 2.21 bits per heavy atom. The summed E-state index contributed by atoms with van der Waals surface area (Å²) in [6.45, 7) is 3.25. The minimum absolute atomic E-state index is 0.124. The van der Waals surface area contributed by atoms with Crippen LogP contribution in [0.1, 0.15) is 25.5 Å². The zero-order chi connectivity index (χ0) is 10.7. The minimum Gasteiger partial charge on any atom is -0.350 e. The average Bonchev–Trinajstić information content (AvgIpc) is 2.08. The van der Waals surface area contributed by atoms with E-state index in [-0.39, 0.29) is 17.8 Å². The SMILES string of the molecule is CC(=O)N[C@H](C)c1ccc(Br)c(F)c1. The van der Waals surface area contributed by atoms with Gasteiger partial charge in [0.2, 0.25) is 5.91 Å². The van der Waals surface area contributed by atoms with Gasteiger partial charge in [-0.2, -0.15) is 0 Å². The molecule has 1 atom stereocenters. The van der Waals surface area contributed by atoms with Gasteiger partial charge in [0, 0.05) is 6.92 Å². The first-order chi connectivity index (χ1) is 6.50. The van der Waals surface area contributed by atoms with Gasteiger partial charge >= 0.3 is 0 Å². The maximum absolute atomic E-state index is 13.1. The Morgan fingerprint density at radius 1 is 1.57 bits per heavy atom. The van der Waals surface area contributed by atoms with Crippen molar-refractivity contribution in [2.45, 2.75) is 19.9 Å². The maximum atomic E-state index is 13.1. The smallest absolute Gasteiger partial charge is 0.217 e. The Kier molecular flexibility index (Phi) is 3.63. The zero-order valence-corrected chi connectivity index (χ0v) is 9.56. The van der Waals surface area contributed by atoms with Crippen molar-refractivity contribution in [2.75, 3.05) is 0 Å². The fourth-order valence-electron chi connectivity index (χ4n) is 1.17. The van der Waals surface area contributed by atoms with Crippen molar-refractivity contribution >= 4 is 21.8 Å². The first-order valence-corrected chi connectivity index (χ1v) is 5.02. The Hall–Kier alpha value is -0.900. The third kappa shape index (κ3) is 2.80. The van der Waals surface area contributed by atoms with Crippen LogP contribution in [0.25, 0.3) is 0 Å². The highest BCUT2D eigenvalue weighted by Crippen LogP contribution is 2.20. The van der Waals surface area contributed by atoms with Gasteiger partial charge in [0.25, 0.3) is 0 Å². The predicted molar refractivity (Wildman–Crippen MR) is 56.3 cm³/mol. The number of hydrogen-bond acceptors (Lipinski definition) is 1. The molecule has 0 saturated heterocycles. The molecule has 4 heteroatoms. The third-order valence-electron chi connectivity index (χ3n) is 1.86. The molecule has 0 bridgehead atoms. The molecular weight excluding hydrogens is 249 g/mol. The van der Waals surface area contributed by atoms with Gasteiger partial charge in [-0.15, -0.1) is 0 Å². The highest BCUT2D eigenvalue weighted by atomic mass is 79.9. The highest BCUT2D eigenvalue weighted by Gasteiger charge is 2.08. The lowest BCUT2D eigenvalue weighted by Crippen LogP contribution is -2.23. The van der Waals surface area contributed by atoms with E-state index in [0.717, 1.165) is 5.56 Å². The van der Waals surface area contributed by atoms with E-state index in [1.807, 2.05) is 6.92 Å². The number of amides is 1. The van der Waals surface area contributed by atoms with Gasteiger partial charge in [0.15, 0.2) is 0 Å². The van der Waals surface area contributed by atoms with Gasteiger partial charge in [-0.25, -0.2) is 4.39 Å². The standard InChI is InChI=1S/C10H11BrFNO/c1-6(13-7(2)14)8-3-4-9(11)10(12)5-8/h3-6H,1-2H3,(H,13,14)/t6-/m1/s1. The monoisotopic (exact) mass is 259 g/mol. The molecule has 0 aliphatic rings. The number of hydrogen-bond donors (Lipinski definition) is 1. The molecule has 1 N–H and O–H groups in total. The average molecular weight is 260 g/mol. The number of rotatable bonds is 2. The van der Waals surface area contributed by atoms with E-state index < -0.39 is 0 Å². The van der Waals surface area contributed by atoms with Crippen LogP contribution in [0.5, 0.6) is 0 Å². The molecule has 1 rings (SSSR count). The van der Waals surface area contributed by atoms with Crippen LogP contribution in [-0.4, -0.2) is 5.91 Å². The number of halogens is 2. The normalized spacial score (nSPS) is 12.3. The molecule has 76 valence electrons. The Bertz CT molecular complexity index is 354. The fourth-order valence-corrected chi connectivity index (χ4v) is 1.42. The number of nitrogens with one attached hydrogen (secondary N) is 1. The zero-order valence-electron chi connectivity index (χ0n) is 7.97. The second-order valence-electron chi connectivity index (χ2n) is 3.10. The number of carbonyl (C=O) groups is 1. The van der Waals surface area contributed by atoms with Gasteiger partial charge in [-0.05, 0) is 40.5 Å². The van der Waals surface area contributed by atoms with E-state index in [4.69, 9.17) is 0 Å². The van der Waals surface area contributed by atoms with E-state index in [9.17, 15) is 9.18 Å². The van der Waals surface area contributed by atoms with Crippen LogP contribution in [-0.2, 0) is 4.79 Å². The molecule has 1 aromatic carbocycles. The van der Waals surface area contributed by atoms with Crippen LogP contribution in [0.2, 0.25) is 0 Å². The summed E-state index contributed by atoms with van der Waals surface area (Å²) in [5.41, 5.74) is 0.751. The molecule has 1 amide bonds. The van der Waals surface area contributed by atoms with Crippen molar-refractivity contribution < 1.29 is 9.18 Å². The summed E-state index contributed by atoms with van der Waals surface area (Å²) < 4.78 is 13.5. The summed E-state index contributed by atoms with van der Waals surface area (Å²) >= 11 is 3.07. The predicted octanol–water partition coefficient (Wildman–Crippen LogP) is 2.79. The molecule has 14 heavy (non-hydrogen) atoms. The first kappa shape index (κ1) is 11.2. The molecule has 0 aliphatic heterocycles. The summed E-state index contributed by atoms with van der Waals surface area (Å²) in [4.78, 5) is 10.8. The Morgan fingerprint density at radius 3 is 2.71 bits per heavy atom. The van der Waals surface area contributed by atoms with E-state index in [2.05, 4.69) is 21.2 Å². The highest BCUT2D eigenvalue weighted by molar-refractivity contribution is 9.10. The maximum Gasteiger partial charge on any atom is 0.217 e. The van der Waals surface area contributed by atoms with E-state index in [1.54, 1.807) is 12.1 Å². The van der Waals surface area contributed by atoms with Crippen LogP contribution in [0.4, 0.5) is 4.39 Å². The molecule has 0 aliphatic carbocycles. The Labute approximate surface area is 90.6 Å². The second kappa shape index (κ2) is 4.55. The van der Waals surface area contributed by atoms with Crippen molar-refractivity contribution in [1.82, 2.24) is 5.32 Å². The van der Waals surface area contributed by atoms with E-state index >= 15 is 0 Å². The second-order valence-corrected chi connectivity index (χ2v) is 3.95. The van der Waals surface area contributed by atoms with Crippen LogP contribution in [0.15, 0.2) is 22.7 Å². The van der Waals surface area contributed by atoms with Crippen LogP contribution >= 0.6 is 15.9 Å².